The van der Waals surface area contributed by atoms with Crippen molar-refractivity contribution in [2.45, 2.75) is 31.7 Å². The van der Waals surface area contributed by atoms with Gasteiger partial charge in [0.25, 0.3) is 0 Å². The van der Waals surface area contributed by atoms with Gasteiger partial charge in [-0.3, -0.25) is 4.79 Å². The van der Waals surface area contributed by atoms with Crippen LogP contribution in [0.1, 0.15) is 18.9 Å². The fourth-order valence-electron chi connectivity index (χ4n) is 4.08. The molecule has 0 saturated carbocycles. The van der Waals surface area contributed by atoms with Gasteiger partial charge in [0.2, 0.25) is 15.9 Å². The monoisotopic (exact) mass is 502 g/mol. The number of nitrogens with one attached hydrogen (secondary N) is 1. The quantitative estimate of drug-likeness (QED) is 0.533. The number of piperazine rings is 1. The first kappa shape index (κ1) is 24.4. The third kappa shape index (κ3) is 5.18. The zero-order valence-electron chi connectivity index (χ0n) is 19.8. The summed E-state index contributed by atoms with van der Waals surface area (Å²) >= 11 is 1.45. The molecule has 0 bridgehead atoms. The highest BCUT2D eigenvalue weighted by Crippen LogP contribution is 2.26. The Morgan fingerprint density at radius 1 is 1.12 bits per heavy atom. The van der Waals surface area contributed by atoms with Crippen LogP contribution in [-0.2, 0) is 14.8 Å². The number of nitrogens with zero attached hydrogens (tertiary/aromatic N) is 3. The normalized spacial score (nSPS) is 15.7. The van der Waals surface area contributed by atoms with Crippen LogP contribution in [0, 0.1) is 12.8 Å². The van der Waals surface area contributed by atoms with Gasteiger partial charge in [-0.25, -0.2) is 13.4 Å². The van der Waals surface area contributed by atoms with Crippen LogP contribution in [0.15, 0.2) is 47.4 Å². The van der Waals surface area contributed by atoms with E-state index in [0.717, 1.165) is 26.7 Å². The molecule has 1 aliphatic heterocycles. The number of aromatic nitrogens is 1. The van der Waals surface area contributed by atoms with E-state index < -0.39 is 16.1 Å². The van der Waals surface area contributed by atoms with Gasteiger partial charge in [0, 0.05) is 37.9 Å². The van der Waals surface area contributed by atoms with E-state index in [1.807, 2.05) is 45.0 Å². The summed E-state index contributed by atoms with van der Waals surface area (Å²) < 4.78 is 35.1. The molecule has 182 valence electrons. The summed E-state index contributed by atoms with van der Waals surface area (Å²) in [6.07, 6.45) is 0. The lowest BCUT2D eigenvalue weighted by Crippen LogP contribution is -2.56. The first-order chi connectivity index (χ1) is 16.2. The molecule has 34 heavy (non-hydrogen) atoms. The van der Waals surface area contributed by atoms with Crippen molar-refractivity contribution in [1.29, 1.82) is 0 Å². The topological polar surface area (TPSA) is 91.8 Å². The van der Waals surface area contributed by atoms with E-state index in [1.165, 1.54) is 11.3 Å². The number of carbonyl (C=O) groups is 1. The molecule has 1 aromatic heterocycles. The van der Waals surface area contributed by atoms with Gasteiger partial charge in [0.1, 0.15) is 11.8 Å². The van der Waals surface area contributed by atoms with Gasteiger partial charge in [-0.15, -0.1) is 11.3 Å². The average molecular weight is 503 g/mol. The second-order valence-electron chi connectivity index (χ2n) is 8.72. The third-order valence-electron chi connectivity index (χ3n) is 6.00. The predicted molar refractivity (Wildman–Crippen MR) is 135 cm³/mol. The van der Waals surface area contributed by atoms with Crippen LogP contribution >= 0.6 is 11.3 Å². The number of aryl methyl sites for hydroxylation is 1. The van der Waals surface area contributed by atoms with Crippen LogP contribution in [-0.4, -0.2) is 63.5 Å². The average Bonchev–Trinajstić information content (AvgIpc) is 3.21. The summed E-state index contributed by atoms with van der Waals surface area (Å²) in [6, 6.07) is 11.9. The van der Waals surface area contributed by atoms with Crippen molar-refractivity contribution in [3.63, 3.8) is 0 Å². The second-order valence-corrected chi connectivity index (χ2v) is 11.7. The summed E-state index contributed by atoms with van der Waals surface area (Å²) in [5.74, 6) is 0.392. The SMILES string of the molecule is COc1cccc(N2CCN(C(=O)C(NS(=O)(=O)c3ccc4nc(C)sc4c3)C(C)C)CC2)c1. The third-order valence-corrected chi connectivity index (χ3v) is 8.37. The molecule has 1 N–H and O–H groups in total. The van der Waals surface area contributed by atoms with E-state index in [0.29, 0.717) is 26.2 Å². The lowest BCUT2D eigenvalue weighted by atomic mass is 10.0. The van der Waals surface area contributed by atoms with Gasteiger partial charge >= 0.3 is 0 Å². The predicted octanol–water partition coefficient (Wildman–Crippen LogP) is 3.27. The van der Waals surface area contributed by atoms with Crippen molar-refractivity contribution in [2.24, 2.45) is 5.92 Å². The lowest BCUT2D eigenvalue weighted by molar-refractivity contribution is -0.134. The van der Waals surface area contributed by atoms with E-state index >= 15 is 0 Å². The number of rotatable bonds is 7. The molecule has 8 nitrogen and oxygen atoms in total. The number of ether oxygens (including phenoxy) is 1. The molecule has 2 aromatic carbocycles. The number of sulfonamides is 1. The van der Waals surface area contributed by atoms with E-state index in [1.54, 1.807) is 30.2 Å². The number of hydrogen-bond acceptors (Lipinski definition) is 7. The number of hydrogen-bond donors (Lipinski definition) is 1. The van der Waals surface area contributed by atoms with Crippen LogP contribution in [0.25, 0.3) is 10.2 Å². The molecule has 1 saturated heterocycles. The number of amides is 1. The molecular weight excluding hydrogens is 472 g/mol. The molecule has 3 aromatic rings. The Kier molecular flexibility index (Phi) is 7.11. The van der Waals surface area contributed by atoms with Gasteiger partial charge in [-0.2, -0.15) is 4.72 Å². The number of thiazole rings is 1. The van der Waals surface area contributed by atoms with E-state index in [-0.39, 0.29) is 16.7 Å². The van der Waals surface area contributed by atoms with Crippen molar-refractivity contribution in [1.82, 2.24) is 14.6 Å². The Bertz CT molecular complexity index is 1280. The summed E-state index contributed by atoms with van der Waals surface area (Å²) in [4.78, 5) is 21.8. The Balaban J connectivity index is 1.46. The maximum atomic E-state index is 13.4. The number of fused-ring (bicyclic) bond motifs is 1. The minimum absolute atomic E-state index is 0.143. The highest BCUT2D eigenvalue weighted by atomic mass is 32.2. The van der Waals surface area contributed by atoms with E-state index in [4.69, 9.17) is 4.74 Å². The molecule has 2 heterocycles. The highest BCUT2D eigenvalue weighted by Gasteiger charge is 2.33. The van der Waals surface area contributed by atoms with Gasteiger partial charge in [0.15, 0.2) is 0 Å². The molecule has 10 heteroatoms. The largest absolute Gasteiger partial charge is 0.497 e. The van der Waals surface area contributed by atoms with Crippen LogP contribution in [0.2, 0.25) is 0 Å². The van der Waals surface area contributed by atoms with Crippen molar-refractivity contribution >= 4 is 43.2 Å². The van der Waals surface area contributed by atoms with Crippen LogP contribution in [0.3, 0.4) is 0 Å². The number of benzene rings is 2. The maximum Gasteiger partial charge on any atom is 0.241 e. The van der Waals surface area contributed by atoms with Gasteiger partial charge in [0.05, 0.1) is 27.2 Å². The fourth-order valence-corrected chi connectivity index (χ4v) is 6.39. The first-order valence-corrected chi connectivity index (χ1v) is 13.6. The second kappa shape index (κ2) is 9.89. The summed E-state index contributed by atoms with van der Waals surface area (Å²) in [5, 5.41) is 0.876. The van der Waals surface area contributed by atoms with Crippen molar-refractivity contribution < 1.29 is 17.9 Å². The molecule has 4 rings (SSSR count). The maximum absolute atomic E-state index is 13.4. The zero-order valence-corrected chi connectivity index (χ0v) is 21.4. The molecular formula is C24H30N4O4S2. The van der Waals surface area contributed by atoms with Crippen LogP contribution in [0.5, 0.6) is 5.75 Å². The van der Waals surface area contributed by atoms with Crippen molar-refractivity contribution in [3.05, 3.63) is 47.5 Å². The molecule has 1 aliphatic rings. The Morgan fingerprint density at radius 3 is 2.53 bits per heavy atom. The molecule has 0 spiro atoms. The van der Waals surface area contributed by atoms with Crippen molar-refractivity contribution in [2.75, 3.05) is 38.2 Å². The Hall–Kier alpha value is -2.69. The van der Waals surface area contributed by atoms with Crippen LogP contribution in [0.4, 0.5) is 5.69 Å². The van der Waals surface area contributed by atoms with Gasteiger partial charge < -0.3 is 14.5 Å². The molecule has 1 unspecified atom stereocenters. The van der Waals surface area contributed by atoms with E-state index in [9.17, 15) is 13.2 Å². The summed E-state index contributed by atoms with van der Waals surface area (Å²) in [6.45, 7) is 7.97. The number of carbonyl (C=O) groups excluding carboxylic acids is 1. The molecule has 1 atom stereocenters. The van der Waals surface area contributed by atoms with E-state index in [2.05, 4.69) is 14.6 Å². The Labute approximate surface area is 204 Å². The minimum Gasteiger partial charge on any atom is -0.497 e. The van der Waals surface area contributed by atoms with Gasteiger partial charge in [-0.1, -0.05) is 19.9 Å². The number of anilines is 1. The minimum atomic E-state index is -3.87. The molecule has 1 fully saturated rings. The van der Waals surface area contributed by atoms with Crippen molar-refractivity contribution in [3.8, 4) is 5.75 Å². The molecule has 0 aliphatic carbocycles. The highest BCUT2D eigenvalue weighted by molar-refractivity contribution is 7.89. The molecule has 0 radical (unpaired) electrons. The zero-order chi connectivity index (χ0) is 24.5. The van der Waals surface area contributed by atoms with Gasteiger partial charge in [-0.05, 0) is 43.2 Å². The first-order valence-electron chi connectivity index (χ1n) is 11.3. The smallest absolute Gasteiger partial charge is 0.241 e. The molecule has 1 amide bonds. The standard InChI is InChI=1S/C24H30N4O4S2/c1-16(2)23(26-34(30,31)20-8-9-21-22(15-20)33-17(3)25-21)24(29)28-12-10-27(11-13-28)18-6-5-7-19(14-18)32-4/h5-9,14-16,23,26H,10-13H2,1-4H3. The summed E-state index contributed by atoms with van der Waals surface area (Å²) in [7, 11) is -2.24. The number of methoxy groups -OCH3 is 1. The fraction of sp³-hybridized carbons (Fsp3) is 0.417. The summed E-state index contributed by atoms with van der Waals surface area (Å²) in [5.41, 5.74) is 1.81. The van der Waals surface area contributed by atoms with Crippen LogP contribution < -0.4 is 14.4 Å². The Morgan fingerprint density at radius 2 is 1.85 bits per heavy atom. The lowest BCUT2D eigenvalue weighted by Gasteiger charge is -2.38.